The van der Waals surface area contributed by atoms with Crippen LogP contribution in [-0.2, 0) is 0 Å². The van der Waals surface area contributed by atoms with Gasteiger partial charge in [-0.15, -0.1) is 0 Å². The molecule has 1 aliphatic heterocycles. The van der Waals surface area contributed by atoms with Crippen LogP contribution in [0.3, 0.4) is 0 Å². The summed E-state index contributed by atoms with van der Waals surface area (Å²) >= 11 is 0. The molecule has 1 heterocycles. The number of rotatable bonds is 6. The first kappa shape index (κ1) is 16.6. The Balaban J connectivity index is 2.35. The van der Waals surface area contributed by atoms with E-state index in [0.717, 1.165) is 19.4 Å². The maximum atomic E-state index is 12.6. The molecule has 2 rings (SSSR count). The van der Waals surface area contributed by atoms with Gasteiger partial charge in [0, 0.05) is 17.3 Å². The van der Waals surface area contributed by atoms with Crippen LogP contribution in [-0.4, -0.2) is 30.6 Å². The molecule has 1 aliphatic rings. The average molecular weight is 306 g/mol. The predicted molar refractivity (Wildman–Crippen MR) is 87.7 cm³/mol. The van der Waals surface area contributed by atoms with Gasteiger partial charge in [-0.25, -0.2) is 0 Å². The summed E-state index contributed by atoms with van der Waals surface area (Å²) in [4.78, 5) is 12.6. The molecule has 22 heavy (non-hydrogen) atoms. The number of carbonyl (C=O) groups is 1. The standard InChI is InChI=1S/C17H26N2O3/c1-10(2)21-15-8-12(17(20)14-6-5-7-19-14)13(18)9-16(15)22-11(3)4/h8-11,14,19H,5-7,18H2,1-4H3. The van der Waals surface area contributed by atoms with Crippen molar-refractivity contribution in [3.05, 3.63) is 17.7 Å². The summed E-state index contributed by atoms with van der Waals surface area (Å²) in [6.45, 7) is 8.64. The zero-order valence-electron chi connectivity index (χ0n) is 13.8. The van der Waals surface area contributed by atoms with Crippen molar-refractivity contribution in [2.75, 3.05) is 12.3 Å². The van der Waals surface area contributed by atoms with E-state index in [2.05, 4.69) is 5.32 Å². The average Bonchev–Trinajstić information content (AvgIpc) is 2.93. The molecule has 0 aliphatic carbocycles. The molecule has 5 nitrogen and oxygen atoms in total. The van der Waals surface area contributed by atoms with E-state index in [4.69, 9.17) is 15.2 Å². The molecular formula is C17H26N2O3. The van der Waals surface area contributed by atoms with Crippen LogP contribution in [0.25, 0.3) is 0 Å². The van der Waals surface area contributed by atoms with Crippen LogP contribution in [0.2, 0.25) is 0 Å². The van der Waals surface area contributed by atoms with Crippen LogP contribution in [0, 0.1) is 0 Å². The maximum Gasteiger partial charge on any atom is 0.181 e. The zero-order valence-corrected chi connectivity index (χ0v) is 13.8. The van der Waals surface area contributed by atoms with Gasteiger partial charge in [0.1, 0.15) is 0 Å². The molecule has 0 bridgehead atoms. The van der Waals surface area contributed by atoms with Gasteiger partial charge in [0.25, 0.3) is 0 Å². The quantitative estimate of drug-likeness (QED) is 0.624. The summed E-state index contributed by atoms with van der Waals surface area (Å²) in [6.07, 6.45) is 1.86. The molecule has 1 aromatic carbocycles. The number of Topliss-reactive ketones (excluding diaryl/α,β-unsaturated/α-hetero) is 1. The highest BCUT2D eigenvalue weighted by molar-refractivity contribution is 6.05. The lowest BCUT2D eigenvalue weighted by Crippen LogP contribution is -2.31. The van der Waals surface area contributed by atoms with Crippen molar-refractivity contribution in [2.45, 2.75) is 58.8 Å². The number of nitrogen functional groups attached to an aromatic ring is 1. The highest BCUT2D eigenvalue weighted by Gasteiger charge is 2.26. The smallest absolute Gasteiger partial charge is 0.181 e. The number of ether oxygens (including phenoxy) is 2. The fourth-order valence-corrected chi connectivity index (χ4v) is 2.58. The molecule has 1 aromatic rings. The summed E-state index contributed by atoms with van der Waals surface area (Å²) in [6, 6.07) is 3.26. The van der Waals surface area contributed by atoms with Gasteiger partial charge >= 0.3 is 0 Å². The Morgan fingerprint density at radius 2 is 1.77 bits per heavy atom. The number of nitrogens with one attached hydrogen (secondary N) is 1. The van der Waals surface area contributed by atoms with E-state index in [9.17, 15) is 4.79 Å². The van der Waals surface area contributed by atoms with Crippen molar-refractivity contribution in [2.24, 2.45) is 0 Å². The van der Waals surface area contributed by atoms with E-state index in [1.54, 1.807) is 12.1 Å². The molecule has 5 heteroatoms. The maximum absolute atomic E-state index is 12.6. The Morgan fingerprint density at radius 1 is 1.18 bits per heavy atom. The number of nitrogens with two attached hydrogens (primary N) is 1. The number of hydrogen-bond donors (Lipinski definition) is 2. The third kappa shape index (κ3) is 3.91. The highest BCUT2D eigenvalue weighted by atomic mass is 16.5. The highest BCUT2D eigenvalue weighted by Crippen LogP contribution is 2.35. The van der Waals surface area contributed by atoms with Crippen LogP contribution in [0.4, 0.5) is 5.69 Å². The van der Waals surface area contributed by atoms with Crippen molar-refractivity contribution in [1.82, 2.24) is 5.32 Å². The summed E-state index contributed by atoms with van der Waals surface area (Å²) in [5.41, 5.74) is 7.02. The van der Waals surface area contributed by atoms with E-state index in [-0.39, 0.29) is 24.0 Å². The first-order chi connectivity index (χ1) is 10.4. The van der Waals surface area contributed by atoms with Gasteiger partial charge < -0.3 is 20.5 Å². The Kier molecular flexibility index (Phi) is 5.29. The first-order valence-electron chi connectivity index (χ1n) is 7.93. The molecule has 3 N–H and O–H groups in total. The van der Waals surface area contributed by atoms with Crippen LogP contribution in [0.1, 0.15) is 50.9 Å². The third-order valence-electron chi connectivity index (χ3n) is 3.48. The minimum atomic E-state index is -0.147. The molecule has 0 amide bonds. The lowest BCUT2D eigenvalue weighted by atomic mass is 10.0. The van der Waals surface area contributed by atoms with E-state index in [0.29, 0.717) is 22.7 Å². The molecular weight excluding hydrogens is 280 g/mol. The SMILES string of the molecule is CC(C)Oc1cc(N)c(C(=O)C2CCCN2)cc1OC(C)C. The third-order valence-corrected chi connectivity index (χ3v) is 3.48. The monoisotopic (exact) mass is 306 g/mol. The van der Waals surface area contributed by atoms with Gasteiger partial charge in [-0.2, -0.15) is 0 Å². The fraction of sp³-hybridized carbons (Fsp3) is 0.588. The minimum Gasteiger partial charge on any atom is -0.487 e. The summed E-state index contributed by atoms with van der Waals surface area (Å²) in [5.74, 6) is 1.18. The first-order valence-corrected chi connectivity index (χ1v) is 7.93. The molecule has 0 radical (unpaired) electrons. The summed E-state index contributed by atoms with van der Waals surface area (Å²) in [7, 11) is 0. The van der Waals surface area contributed by atoms with Crippen molar-refractivity contribution in [3.8, 4) is 11.5 Å². The number of benzene rings is 1. The van der Waals surface area contributed by atoms with E-state index in [1.165, 1.54) is 0 Å². The van der Waals surface area contributed by atoms with E-state index < -0.39 is 0 Å². The van der Waals surface area contributed by atoms with Gasteiger partial charge in [0.15, 0.2) is 17.3 Å². The summed E-state index contributed by atoms with van der Waals surface area (Å²) < 4.78 is 11.6. The van der Waals surface area contributed by atoms with Crippen LogP contribution in [0.5, 0.6) is 11.5 Å². The molecule has 122 valence electrons. The van der Waals surface area contributed by atoms with Crippen LogP contribution in [0.15, 0.2) is 12.1 Å². The van der Waals surface area contributed by atoms with Crippen molar-refractivity contribution >= 4 is 11.5 Å². The van der Waals surface area contributed by atoms with Crippen LogP contribution >= 0.6 is 0 Å². The predicted octanol–water partition coefficient (Wildman–Crippen LogP) is 2.78. The molecule has 0 aromatic heterocycles. The number of ketones is 1. The van der Waals surface area contributed by atoms with Gasteiger partial charge in [-0.05, 0) is 53.1 Å². The van der Waals surface area contributed by atoms with Crippen molar-refractivity contribution in [3.63, 3.8) is 0 Å². The van der Waals surface area contributed by atoms with Crippen molar-refractivity contribution in [1.29, 1.82) is 0 Å². The second-order valence-electron chi connectivity index (χ2n) is 6.23. The largest absolute Gasteiger partial charge is 0.487 e. The lowest BCUT2D eigenvalue weighted by molar-refractivity contribution is 0.0952. The number of anilines is 1. The van der Waals surface area contributed by atoms with Crippen molar-refractivity contribution < 1.29 is 14.3 Å². The Bertz CT molecular complexity index is 535. The van der Waals surface area contributed by atoms with E-state index >= 15 is 0 Å². The molecule has 0 spiro atoms. The second kappa shape index (κ2) is 7.01. The Morgan fingerprint density at radius 3 is 2.27 bits per heavy atom. The second-order valence-corrected chi connectivity index (χ2v) is 6.23. The molecule has 1 saturated heterocycles. The van der Waals surface area contributed by atoms with E-state index in [1.807, 2.05) is 27.7 Å². The van der Waals surface area contributed by atoms with Crippen LogP contribution < -0.4 is 20.5 Å². The summed E-state index contributed by atoms with van der Waals surface area (Å²) in [5, 5.41) is 3.21. The van der Waals surface area contributed by atoms with Gasteiger partial charge in [0.05, 0.1) is 18.2 Å². The number of carbonyl (C=O) groups excluding carboxylic acids is 1. The molecule has 1 fully saturated rings. The normalized spacial score (nSPS) is 18.0. The topological polar surface area (TPSA) is 73.6 Å². The van der Waals surface area contributed by atoms with Gasteiger partial charge in [0.2, 0.25) is 0 Å². The number of hydrogen-bond acceptors (Lipinski definition) is 5. The fourth-order valence-electron chi connectivity index (χ4n) is 2.58. The molecule has 1 atom stereocenters. The molecule has 1 unspecified atom stereocenters. The lowest BCUT2D eigenvalue weighted by Gasteiger charge is -2.20. The van der Waals surface area contributed by atoms with Gasteiger partial charge in [-0.3, -0.25) is 4.79 Å². The zero-order chi connectivity index (χ0) is 16.3. The Hall–Kier alpha value is -1.75. The minimum absolute atomic E-state index is 0.00645. The Labute approximate surface area is 132 Å². The molecule has 0 saturated carbocycles. The van der Waals surface area contributed by atoms with Gasteiger partial charge in [-0.1, -0.05) is 0 Å².